The fourth-order valence-corrected chi connectivity index (χ4v) is 4.48. The summed E-state index contributed by atoms with van der Waals surface area (Å²) in [5.74, 6) is -0.380. The first-order valence-electron chi connectivity index (χ1n) is 10.9. The van der Waals surface area contributed by atoms with Crippen LogP contribution in [0.3, 0.4) is 0 Å². The molecule has 0 aliphatic heterocycles. The second kappa shape index (κ2) is 9.79. The van der Waals surface area contributed by atoms with Gasteiger partial charge in [-0.1, -0.05) is 93.1 Å². The van der Waals surface area contributed by atoms with Crippen LogP contribution in [0.5, 0.6) is 0 Å². The summed E-state index contributed by atoms with van der Waals surface area (Å²) in [4.78, 5) is 13.1. The molecule has 0 aliphatic carbocycles. The lowest BCUT2D eigenvalue weighted by atomic mass is 9.87. The molecule has 1 atom stereocenters. The topological polar surface area (TPSA) is 66.5 Å². The molecule has 0 radical (unpaired) electrons. The van der Waals surface area contributed by atoms with Gasteiger partial charge in [-0.3, -0.25) is 9.10 Å². The number of hydrogen-bond acceptors (Lipinski definition) is 3. The van der Waals surface area contributed by atoms with Crippen molar-refractivity contribution in [1.29, 1.82) is 0 Å². The summed E-state index contributed by atoms with van der Waals surface area (Å²) >= 11 is 0. The molecule has 1 amide bonds. The molecule has 5 nitrogen and oxygen atoms in total. The molecule has 0 saturated carbocycles. The van der Waals surface area contributed by atoms with Crippen molar-refractivity contribution in [3.63, 3.8) is 0 Å². The first kappa shape index (κ1) is 24.5. The molecular weight excluding hydrogens is 432 g/mol. The van der Waals surface area contributed by atoms with Crippen LogP contribution in [0, 0.1) is 6.92 Å². The van der Waals surface area contributed by atoms with Crippen LogP contribution in [-0.2, 0) is 20.2 Å². The maximum absolute atomic E-state index is 13.1. The largest absolute Gasteiger partial charge is 0.344 e. The van der Waals surface area contributed by atoms with Crippen molar-refractivity contribution < 1.29 is 13.2 Å². The van der Waals surface area contributed by atoms with Crippen LogP contribution in [0.25, 0.3) is 0 Å². The summed E-state index contributed by atoms with van der Waals surface area (Å²) in [7, 11) is -3.66. The maximum atomic E-state index is 13.1. The van der Waals surface area contributed by atoms with Crippen molar-refractivity contribution >= 4 is 21.6 Å². The van der Waals surface area contributed by atoms with Crippen LogP contribution in [0.2, 0.25) is 0 Å². The SMILES string of the molecule is Cc1ccc(C(NC(=O)CN(c2ccc(C(C)(C)C)cc2)S(C)(=O)=O)c2ccccc2)cc1. The fraction of sp³-hybridized carbons (Fsp3) is 0.296. The summed E-state index contributed by atoms with van der Waals surface area (Å²) in [6.07, 6.45) is 1.12. The van der Waals surface area contributed by atoms with Gasteiger partial charge in [0, 0.05) is 0 Å². The Labute approximate surface area is 197 Å². The smallest absolute Gasteiger partial charge is 0.241 e. The van der Waals surface area contributed by atoms with Crippen LogP contribution in [0.4, 0.5) is 5.69 Å². The molecule has 0 spiro atoms. The van der Waals surface area contributed by atoms with E-state index >= 15 is 0 Å². The van der Waals surface area contributed by atoms with Crippen LogP contribution >= 0.6 is 0 Å². The van der Waals surface area contributed by atoms with Crippen molar-refractivity contribution in [2.75, 3.05) is 17.1 Å². The number of hydrogen-bond donors (Lipinski definition) is 1. The van der Waals surface area contributed by atoms with Gasteiger partial charge >= 0.3 is 0 Å². The highest BCUT2D eigenvalue weighted by molar-refractivity contribution is 7.92. The van der Waals surface area contributed by atoms with E-state index in [9.17, 15) is 13.2 Å². The van der Waals surface area contributed by atoms with E-state index in [-0.39, 0.29) is 23.9 Å². The minimum atomic E-state index is -3.66. The van der Waals surface area contributed by atoms with Gasteiger partial charge < -0.3 is 5.32 Å². The summed E-state index contributed by atoms with van der Waals surface area (Å²) in [6, 6.07) is 24.5. The van der Waals surface area contributed by atoms with Crippen LogP contribution in [0.1, 0.15) is 49.1 Å². The number of rotatable bonds is 7. The van der Waals surface area contributed by atoms with E-state index < -0.39 is 10.0 Å². The van der Waals surface area contributed by atoms with Gasteiger partial charge in [0.2, 0.25) is 15.9 Å². The van der Waals surface area contributed by atoms with Gasteiger partial charge in [-0.05, 0) is 41.2 Å². The van der Waals surface area contributed by atoms with Gasteiger partial charge in [0.05, 0.1) is 18.0 Å². The Hall–Kier alpha value is -3.12. The Morgan fingerprint density at radius 2 is 1.42 bits per heavy atom. The normalized spacial score (nSPS) is 12.8. The highest BCUT2D eigenvalue weighted by atomic mass is 32.2. The summed E-state index contributed by atoms with van der Waals surface area (Å²) < 4.78 is 26.3. The number of aryl methyl sites for hydroxylation is 1. The molecule has 3 aromatic carbocycles. The molecule has 174 valence electrons. The molecule has 1 N–H and O–H groups in total. The Bertz CT molecular complexity index is 1180. The van der Waals surface area contributed by atoms with Crippen molar-refractivity contribution in [3.8, 4) is 0 Å². The standard InChI is InChI=1S/C27H32N2O3S/c1-20-11-13-22(14-12-20)26(21-9-7-6-8-10-21)28-25(30)19-29(33(5,31)32)24-17-15-23(16-18-24)27(2,3)4/h6-18,26H,19H2,1-5H3,(H,28,30). The zero-order chi connectivity index (χ0) is 24.2. The number of sulfonamides is 1. The molecule has 33 heavy (non-hydrogen) atoms. The highest BCUT2D eigenvalue weighted by Crippen LogP contribution is 2.26. The van der Waals surface area contributed by atoms with E-state index in [0.717, 1.165) is 32.8 Å². The molecule has 0 fully saturated rings. The van der Waals surface area contributed by atoms with E-state index in [1.165, 1.54) is 0 Å². The third-order valence-corrected chi connectivity index (χ3v) is 6.70. The second-order valence-electron chi connectivity index (χ2n) is 9.39. The minimum absolute atomic E-state index is 0.0528. The Morgan fingerprint density at radius 3 is 1.94 bits per heavy atom. The van der Waals surface area contributed by atoms with Crippen molar-refractivity contribution in [1.82, 2.24) is 5.32 Å². The molecule has 0 heterocycles. The van der Waals surface area contributed by atoms with Gasteiger partial charge in [0.1, 0.15) is 6.54 Å². The van der Waals surface area contributed by atoms with Gasteiger partial charge in [0.25, 0.3) is 0 Å². The zero-order valence-electron chi connectivity index (χ0n) is 19.9. The van der Waals surface area contributed by atoms with Gasteiger partial charge in [0.15, 0.2) is 0 Å². The third kappa shape index (κ3) is 6.45. The van der Waals surface area contributed by atoms with E-state index in [1.54, 1.807) is 12.1 Å². The predicted octanol–water partition coefficient (Wildman–Crippen LogP) is 4.96. The van der Waals surface area contributed by atoms with E-state index in [4.69, 9.17) is 0 Å². The predicted molar refractivity (Wildman–Crippen MR) is 135 cm³/mol. The lowest BCUT2D eigenvalue weighted by molar-refractivity contribution is -0.120. The molecule has 3 aromatic rings. The van der Waals surface area contributed by atoms with Gasteiger partial charge in [-0.15, -0.1) is 0 Å². The zero-order valence-corrected chi connectivity index (χ0v) is 20.7. The number of benzene rings is 3. The van der Waals surface area contributed by atoms with Crippen molar-refractivity contribution in [3.05, 3.63) is 101 Å². The van der Waals surface area contributed by atoms with Crippen molar-refractivity contribution in [2.45, 2.75) is 39.2 Å². The van der Waals surface area contributed by atoms with E-state index in [1.807, 2.05) is 73.7 Å². The fourth-order valence-electron chi connectivity index (χ4n) is 3.63. The van der Waals surface area contributed by atoms with Crippen LogP contribution in [-0.4, -0.2) is 27.1 Å². The number of carbonyl (C=O) groups excluding carboxylic acids is 1. The molecule has 1 unspecified atom stereocenters. The number of anilines is 1. The molecule has 3 rings (SSSR count). The Morgan fingerprint density at radius 1 is 0.879 bits per heavy atom. The lowest BCUT2D eigenvalue weighted by Gasteiger charge is -2.26. The number of amides is 1. The first-order valence-corrected chi connectivity index (χ1v) is 12.8. The molecular formula is C27H32N2O3S. The third-order valence-electron chi connectivity index (χ3n) is 5.56. The lowest BCUT2D eigenvalue weighted by Crippen LogP contribution is -2.41. The first-order chi connectivity index (χ1) is 15.4. The monoisotopic (exact) mass is 464 g/mol. The van der Waals surface area contributed by atoms with Crippen molar-refractivity contribution in [2.24, 2.45) is 0 Å². The minimum Gasteiger partial charge on any atom is -0.344 e. The maximum Gasteiger partial charge on any atom is 0.241 e. The number of carbonyl (C=O) groups is 1. The second-order valence-corrected chi connectivity index (χ2v) is 11.3. The van der Waals surface area contributed by atoms with E-state index in [0.29, 0.717) is 5.69 Å². The summed E-state index contributed by atoms with van der Waals surface area (Å²) in [5, 5.41) is 3.03. The summed E-state index contributed by atoms with van der Waals surface area (Å²) in [5.41, 5.74) is 4.48. The average molecular weight is 465 g/mol. The Balaban J connectivity index is 1.87. The van der Waals surface area contributed by atoms with Gasteiger partial charge in [-0.25, -0.2) is 8.42 Å². The molecule has 0 aromatic heterocycles. The quantitative estimate of drug-likeness (QED) is 0.537. The van der Waals surface area contributed by atoms with Gasteiger partial charge in [-0.2, -0.15) is 0 Å². The number of nitrogens with zero attached hydrogens (tertiary/aromatic N) is 1. The number of nitrogens with one attached hydrogen (secondary N) is 1. The Kier molecular flexibility index (Phi) is 7.28. The summed E-state index contributed by atoms with van der Waals surface area (Å²) in [6.45, 7) is 7.99. The van der Waals surface area contributed by atoms with Crippen LogP contribution in [0.15, 0.2) is 78.9 Å². The average Bonchev–Trinajstić information content (AvgIpc) is 2.76. The molecule has 6 heteroatoms. The molecule has 0 bridgehead atoms. The molecule has 0 aliphatic rings. The molecule has 0 saturated heterocycles. The highest BCUT2D eigenvalue weighted by Gasteiger charge is 2.24. The van der Waals surface area contributed by atoms with Crippen LogP contribution < -0.4 is 9.62 Å². The van der Waals surface area contributed by atoms with E-state index in [2.05, 4.69) is 26.1 Å².